The van der Waals surface area contributed by atoms with E-state index in [1.54, 1.807) is 17.1 Å². The highest BCUT2D eigenvalue weighted by atomic mass is 32.2. The third kappa shape index (κ3) is 2.92. The summed E-state index contributed by atoms with van der Waals surface area (Å²) in [5.74, 6) is 0. The Bertz CT molecular complexity index is 519. The van der Waals surface area contributed by atoms with Crippen molar-refractivity contribution in [2.24, 2.45) is 5.41 Å². The summed E-state index contributed by atoms with van der Waals surface area (Å²) in [6.45, 7) is 7.02. The predicted octanol–water partition coefficient (Wildman–Crippen LogP) is 1.76. The highest BCUT2D eigenvalue weighted by Crippen LogP contribution is 2.37. The Morgan fingerprint density at radius 1 is 1.56 bits per heavy atom. The summed E-state index contributed by atoms with van der Waals surface area (Å²) in [6, 6.07) is 0.0387. The molecule has 1 fully saturated rings. The number of hydrogen-bond donors (Lipinski definition) is 1. The van der Waals surface area contributed by atoms with Gasteiger partial charge >= 0.3 is 0 Å². The summed E-state index contributed by atoms with van der Waals surface area (Å²) < 4.78 is 28.8. The minimum Gasteiger partial charge on any atom is -0.336 e. The maximum Gasteiger partial charge on any atom is 0.259 e. The molecule has 0 amide bonds. The van der Waals surface area contributed by atoms with Crippen molar-refractivity contribution in [2.45, 2.75) is 57.6 Å². The number of aryl methyl sites for hydroxylation is 1. The van der Waals surface area contributed by atoms with Gasteiger partial charge in [0.1, 0.15) is 0 Å². The molecule has 1 atom stereocenters. The molecule has 5 nitrogen and oxygen atoms in total. The number of hydrogen-bond acceptors (Lipinski definition) is 3. The van der Waals surface area contributed by atoms with Gasteiger partial charge in [-0.25, -0.2) is 18.1 Å². The first-order valence-corrected chi connectivity index (χ1v) is 7.85. The monoisotopic (exact) mass is 271 g/mol. The molecule has 2 rings (SSSR count). The number of nitrogens with zero attached hydrogens (tertiary/aromatic N) is 2. The zero-order valence-corrected chi connectivity index (χ0v) is 12.0. The van der Waals surface area contributed by atoms with Gasteiger partial charge in [0.15, 0.2) is 5.03 Å². The predicted molar refractivity (Wildman–Crippen MR) is 69.6 cm³/mol. The van der Waals surface area contributed by atoms with Crippen LogP contribution in [0.3, 0.4) is 0 Å². The number of imidazole rings is 1. The first-order valence-electron chi connectivity index (χ1n) is 6.36. The lowest BCUT2D eigenvalue weighted by molar-refractivity contribution is 0.372. The van der Waals surface area contributed by atoms with Gasteiger partial charge in [0, 0.05) is 18.8 Å². The van der Waals surface area contributed by atoms with E-state index in [9.17, 15) is 8.42 Å². The zero-order chi connectivity index (χ0) is 13.4. The fraction of sp³-hybridized carbons (Fsp3) is 0.750. The van der Waals surface area contributed by atoms with Crippen LogP contribution < -0.4 is 4.72 Å². The molecule has 0 saturated heterocycles. The van der Waals surface area contributed by atoms with Crippen LogP contribution >= 0.6 is 0 Å². The summed E-state index contributed by atoms with van der Waals surface area (Å²) in [7, 11) is -3.47. The van der Waals surface area contributed by atoms with Gasteiger partial charge in [0.25, 0.3) is 10.0 Å². The summed E-state index contributed by atoms with van der Waals surface area (Å²) in [4.78, 5) is 3.95. The number of nitrogens with one attached hydrogen (secondary N) is 1. The zero-order valence-electron chi connectivity index (χ0n) is 11.2. The molecule has 102 valence electrons. The van der Waals surface area contributed by atoms with Crippen LogP contribution in [-0.4, -0.2) is 24.0 Å². The van der Waals surface area contributed by atoms with E-state index < -0.39 is 10.0 Å². The second-order valence-corrected chi connectivity index (χ2v) is 7.43. The molecule has 1 N–H and O–H groups in total. The molecule has 0 aromatic carbocycles. The molecular formula is C12H21N3O2S. The van der Waals surface area contributed by atoms with Crippen LogP contribution in [0.15, 0.2) is 17.6 Å². The van der Waals surface area contributed by atoms with Crippen molar-refractivity contribution in [3.05, 3.63) is 12.5 Å². The Hall–Kier alpha value is -0.880. The van der Waals surface area contributed by atoms with Crippen LogP contribution in [0.1, 0.15) is 40.0 Å². The minimum atomic E-state index is -3.47. The van der Waals surface area contributed by atoms with Crippen LogP contribution in [0.2, 0.25) is 0 Å². The molecule has 1 saturated carbocycles. The average molecular weight is 271 g/mol. The third-order valence-electron chi connectivity index (χ3n) is 3.54. The Balaban J connectivity index is 2.08. The summed E-state index contributed by atoms with van der Waals surface area (Å²) >= 11 is 0. The molecule has 1 unspecified atom stereocenters. The van der Waals surface area contributed by atoms with Crippen LogP contribution in [0.5, 0.6) is 0 Å². The second kappa shape index (κ2) is 4.66. The minimum absolute atomic E-state index is 0.0387. The third-order valence-corrected chi connectivity index (χ3v) is 4.95. The van der Waals surface area contributed by atoms with E-state index in [1.165, 1.54) is 0 Å². The van der Waals surface area contributed by atoms with Gasteiger partial charge in [-0.2, -0.15) is 0 Å². The highest BCUT2D eigenvalue weighted by molar-refractivity contribution is 7.89. The van der Waals surface area contributed by atoms with E-state index in [0.717, 1.165) is 25.8 Å². The molecule has 1 aromatic rings. The van der Waals surface area contributed by atoms with E-state index in [4.69, 9.17) is 0 Å². The summed E-state index contributed by atoms with van der Waals surface area (Å²) in [6.07, 6.45) is 5.97. The molecule has 0 bridgehead atoms. The molecule has 1 aliphatic carbocycles. The molecular weight excluding hydrogens is 250 g/mol. The summed E-state index contributed by atoms with van der Waals surface area (Å²) in [5.41, 5.74) is 0.232. The average Bonchev–Trinajstić information content (AvgIpc) is 2.84. The lowest BCUT2D eigenvalue weighted by Crippen LogP contribution is -2.33. The van der Waals surface area contributed by atoms with E-state index in [0.29, 0.717) is 0 Å². The van der Waals surface area contributed by atoms with Crippen LogP contribution in [0.25, 0.3) is 0 Å². The Labute approximate surface area is 109 Å². The van der Waals surface area contributed by atoms with Gasteiger partial charge in [0.05, 0.1) is 6.33 Å². The molecule has 0 aliphatic heterocycles. The number of rotatable bonds is 4. The second-order valence-electron chi connectivity index (χ2n) is 5.77. The smallest absolute Gasteiger partial charge is 0.259 e. The molecule has 0 radical (unpaired) electrons. The Kier molecular flexibility index (Phi) is 3.51. The molecule has 6 heteroatoms. The van der Waals surface area contributed by atoms with Crippen LogP contribution in [0, 0.1) is 5.41 Å². The molecule has 1 aromatic heterocycles. The first kappa shape index (κ1) is 13.5. The number of aromatic nitrogens is 2. The molecule has 18 heavy (non-hydrogen) atoms. The standard InChI is InChI=1S/C12H21N3O2S/c1-4-15-8-11(13-9-15)18(16,17)14-10-5-6-12(2,3)7-10/h8-10,14H,4-7H2,1-3H3. The van der Waals surface area contributed by atoms with E-state index in [-0.39, 0.29) is 16.5 Å². The molecule has 1 heterocycles. The van der Waals surface area contributed by atoms with Gasteiger partial charge in [-0.1, -0.05) is 13.8 Å². The van der Waals surface area contributed by atoms with Crippen molar-refractivity contribution in [3.8, 4) is 0 Å². The first-order chi connectivity index (χ1) is 8.32. The quantitative estimate of drug-likeness (QED) is 0.907. The molecule has 1 aliphatic rings. The SMILES string of the molecule is CCn1cnc(S(=O)(=O)NC2CCC(C)(C)C2)c1. The van der Waals surface area contributed by atoms with E-state index in [2.05, 4.69) is 23.6 Å². The van der Waals surface area contributed by atoms with Crippen molar-refractivity contribution in [1.82, 2.24) is 14.3 Å². The largest absolute Gasteiger partial charge is 0.336 e. The van der Waals surface area contributed by atoms with Gasteiger partial charge in [-0.15, -0.1) is 0 Å². The van der Waals surface area contributed by atoms with Crippen molar-refractivity contribution in [3.63, 3.8) is 0 Å². The summed E-state index contributed by atoms with van der Waals surface area (Å²) in [5, 5.41) is 0.119. The Morgan fingerprint density at radius 3 is 2.78 bits per heavy atom. The van der Waals surface area contributed by atoms with Crippen molar-refractivity contribution in [1.29, 1.82) is 0 Å². The maximum absolute atomic E-state index is 12.1. The highest BCUT2D eigenvalue weighted by Gasteiger charge is 2.33. The van der Waals surface area contributed by atoms with Crippen molar-refractivity contribution < 1.29 is 8.42 Å². The fourth-order valence-corrected chi connectivity index (χ4v) is 3.69. The molecule has 0 spiro atoms. The van der Waals surface area contributed by atoms with Crippen LogP contribution in [0.4, 0.5) is 0 Å². The van der Waals surface area contributed by atoms with E-state index in [1.807, 2.05) is 6.92 Å². The van der Waals surface area contributed by atoms with Gasteiger partial charge in [-0.05, 0) is 31.6 Å². The topological polar surface area (TPSA) is 64.0 Å². The normalized spacial score (nSPS) is 23.4. The Morgan fingerprint density at radius 2 is 2.28 bits per heavy atom. The van der Waals surface area contributed by atoms with Gasteiger partial charge in [-0.3, -0.25) is 0 Å². The van der Waals surface area contributed by atoms with Crippen LogP contribution in [-0.2, 0) is 16.6 Å². The lowest BCUT2D eigenvalue weighted by atomic mass is 9.92. The number of sulfonamides is 1. The fourth-order valence-electron chi connectivity index (χ4n) is 2.47. The van der Waals surface area contributed by atoms with Crippen molar-refractivity contribution >= 4 is 10.0 Å². The van der Waals surface area contributed by atoms with Crippen molar-refractivity contribution in [2.75, 3.05) is 0 Å². The maximum atomic E-state index is 12.1. The lowest BCUT2D eigenvalue weighted by Gasteiger charge is -2.17. The van der Waals surface area contributed by atoms with Gasteiger partial charge < -0.3 is 4.57 Å². The van der Waals surface area contributed by atoms with E-state index >= 15 is 0 Å². The van der Waals surface area contributed by atoms with Gasteiger partial charge in [0.2, 0.25) is 0 Å².